The van der Waals surface area contributed by atoms with Crippen molar-refractivity contribution in [3.8, 4) is 0 Å². The minimum absolute atomic E-state index is 0.570. The molecule has 2 N–H and O–H groups in total. The second kappa shape index (κ2) is 7.38. The number of aromatic nitrogens is 2. The van der Waals surface area contributed by atoms with Crippen molar-refractivity contribution in [2.75, 3.05) is 37.4 Å². The van der Waals surface area contributed by atoms with Crippen molar-refractivity contribution in [2.24, 2.45) is 13.0 Å². The van der Waals surface area contributed by atoms with Gasteiger partial charge in [-0.3, -0.25) is 4.68 Å². The Bertz CT molecular complexity index is 387. The van der Waals surface area contributed by atoms with E-state index in [4.69, 9.17) is 10.5 Å². The van der Waals surface area contributed by atoms with Crippen LogP contribution in [0.2, 0.25) is 0 Å². The Labute approximate surface area is 116 Å². The summed E-state index contributed by atoms with van der Waals surface area (Å²) < 4.78 is 7.10. The van der Waals surface area contributed by atoms with Gasteiger partial charge in [-0.2, -0.15) is 5.10 Å². The van der Waals surface area contributed by atoms with E-state index in [1.54, 1.807) is 7.11 Å². The lowest BCUT2D eigenvalue weighted by atomic mass is 10.2. The smallest absolute Gasteiger partial charge is 0.150 e. The topological polar surface area (TPSA) is 56.3 Å². The highest BCUT2D eigenvalue weighted by atomic mass is 16.5. The van der Waals surface area contributed by atoms with E-state index in [0.29, 0.717) is 12.5 Å². The van der Waals surface area contributed by atoms with Crippen LogP contribution in [0.15, 0.2) is 0 Å². The number of ether oxygens (including phenoxy) is 1. The molecule has 0 bridgehead atoms. The zero-order valence-corrected chi connectivity index (χ0v) is 12.9. The van der Waals surface area contributed by atoms with Crippen molar-refractivity contribution in [1.29, 1.82) is 0 Å². The van der Waals surface area contributed by atoms with Crippen molar-refractivity contribution < 1.29 is 4.74 Å². The summed E-state index contributed by atoms with van der Waals surface area (Å²) in [6.07, 6.45) is 1.99. The fraction of sp³-hybridized carbons (Fsp3) is 0.786. The molecule has 0 aromatic carbocycles. The summed E-state index contributed by atoms with van der Waals surface area (Å²) in [5, 5.41) is 4.55. The third kappa shape index (κ3) is 4.13. The van der Waals surface area contributed by atoms with E-state index in [-0.39, 0.29) is 0 Å². The largest absolute Gasteiger partial charge is 0.394 e. The van der Waals surface area contributed by atoms with Gasteiger partial charge < -0.3 is 15.4 Å². The molecule has 0 saturated carbocycles. The third-order valence-electron chi connectivity index (χ3n) is 3.07. The molecule has 0 atom stereocenters. The first-order chi connectivity index (χ1) is 9.01. The number of aryl methyl sites for hydroxylation is 2. The molecular formula is C14H28N4O. The molecule has 1 rings (SSSR count). The molecule has 1 heterocycles. The van der Waals surface area contributed by atoms with Gasteiger partial charge in [-0.15, -0.1) is 0 Å². The number of hydrogen-bond acceptors (Lipinski definition) is 4. The van der Waals surface area contributed by atoms with Gasteiger partial charge in [0.2, 0.25) is 0 Å². The van der Waals surface area contributed by atoms with Crippen LogP contribution in [0.1, 0.15) is 32.9 Å². The van der Waals surface area contributed by atoms with E-state index in [1.165, 1.54) is 0 Å². The maximum Gasteiger partial charge on any atom is 0.150 e. The Morgan fingerprint density at radius 2 is 2.11 bits per heavy atom. The Hall–Kier alpha value is -1.23. The van der Waals surface area contributed by atoms with Gasteiger partial charge in [0.25, 0.3) is 0 Å². The predicted octanol–water partition coefficient (Wildman–Crippen LogP) is 2.06. The number of nitrogens with two attached hydrogens (primary N) is 1. The lowest BCUT2D eigenvalue weighted by molar-refractivity contribution is 0.204. The molecule has 0 unspecified atom stereocenters. The Morgan fingerprint density at radius 1 is 1.42 bits per heavy atom. The molecule has 0 aliphatic heterocycles. The highest BCUT2D eigenvalue weighted by molar-refractivity contribution is 5.66. The summed E-state index contributed by atoms with van der Waals surface area (Å²) in [4.78, 5) is 2.27. The van der Waals surface area contributed by atoms with Gasteiger partial charge in [-0.1, -0.05) is 27.2 Å². The molecule has 0 aliphatic rings. The molecule has 0 saturated heterocycles. The minimum atomic E-state index is 0.570. The van der Waals surface area contributed by atoms with Gasteiger partial charge in [0.15, 0.2) is 0 Å². The van der Waals surface area contributed by atoms with E-state index < -0.39 is 0 Å². The van der Waals surface area contributed by atoms with Crippen molar-refractivity contribution in [3.05, 3.63) is 5.69 Å². The number of nitrogens with zero attached hydrogens (tertiary/aromatic N) is 3. The standard InChI is InChI=1S/C14H28N4O/c1-6-7-12-13(15)14(17(4)16-12)18(8-9-19-5)10-11(2)3/h11H,6-10,15H2,1-5H3. The summed E-state index contributed by atoms with van der Waals surface area (Å²) in [5.74, 6) is 1.59. The summed E-state index contributed by atoms with van der Waals surface area (Å²) >= 11 is 0. The van der Waals surface area contributed by atoms with Crippen LogP contribution in [0, 0.1) is 5.92 Å². The lowest BCUT2D eigenvalue weighted by Crippen LogP contribution is -2.33. The second-order valence-corrected chi connectivity index (χ2v) is 5.39. The van der Waals surface area contributed by atoms with Gasteiger partial charge >= 0.3 is 0 Å². The zero-order valence-electron chi connectivity index (χ0n) is 12.9. The second-order valence-electron chi connectivity index (χ2n) is 5.39. The minimum Gasteiger partial charge on any atom is -0.394 e. The average molecular weight is 268 g/mol. The van der Waals surface area contributed by atoms with Crippen LogP contribution in [0.25, 0.3) is 0 Å². The van der Waals surface area contributed by atoms with Crippen LogP contribution in [-0.2, 0) is 18.2 Å². The number of rotatable bonds is 8. The molecule has 110 valence electrons. The van der Waals surface area contributed by atoms with Gasteiger partial charge in [0.1, 0.15) is 5.82 Å². The average Bonchev–Trinajstić information content (AvgIpc) is 2.60. The normalized spacial score (nSPS) is 11.3. The highest BCUT2D eigenvalue weighted by Gasteiger charge is 2.19. The highest BCUT2D eigenvalue weighted by Crippen LogP contribution is 2.27. The van der Waals surface area contributed by atoms with Crippen LogP contribution in [0.3, 0.4) is 0 Å². The molecule has 1 aromatic rings. The summed E-state index contributed by atoms with van der Waals surface area (Å²) in [6, 6.07) is 0. The van der Waals surface area contributed by atoms with Crippen LogP contribution in [0.5, 0.6) is 0 Å². The lowest BCUT2D eigenvalue weighted by Gasteiger charge is -2.26. The van der Waals surface area contributed by atoms with Crippen LogP contribution < -0.4 is 10.6 Å². The van der Waals surface area contributed by atoms with E-state index in [9.17, 15) is 0 Å². The quantitative estimate of drug-likeness (QED) is 0.784. The van der Waals surface area contributed by atoms with E-state index in [0.717, 1.165) is 43.1 Å². The van der Waals surface area contributed by atoms with E-state index in [2.05, 4.69) is 30.8 Å². The number of hydrogen-bond donors (Lipinski definition) is 1. The predicted molar refractivity (Wildman–Crippen MR) is 80.5 cm³/mol. The maximum atomic E-state index is 6.27. The first-order valence-electron chi connectivity index (χ1n) is 7.06. The van der Waals surface area contributed by atoms with Crippen LogP contribution >= 0.6 is 0 Å². The van der Waals surface area contributed by atoms with Crippen molar-refractivity contribution in [3.63, 3.8) is 0 Å². The van der Waals surface area contributed by atoms with Crippen LogP contribution in [-0.4, -0.2) is 36.6 Å². The molecule has 5 nitrogen and oxygen atoms in total. The Kier molecular flexibility index (Phi) is 6.15. The van der Waals surface area contributed by atoms with Crippen molar-refractivity contribution >= 4 is 11.5 Å². The van der Waals surface area contributed by atoms with Gasteiger partial charge in [0.05, 0.1) is 18.0 Å². The first-order valence-corrected chi connectivity index (χ1v) is 7.06. The Balaban J connectivity index is 2.99. The molecule has 0 amide bonds. The maximum absolute atomic E-state index is 6.27. The van der Waals surface area contributed by atoms with Gasteiger partial charge in [-0.05, 0) is 12.3 Å². The van der Waals surface area contributed by atoms with Gasteiger partial charge in [0, 0.05) is 27.2 Å². The van der Waals surface area contributed by atoms with Crippen molar-refractivity contribution in [2.45, 2.75) is 33.6 Å². The Morgan fingerprint density at radius 3 is 2.63 bits per heavy atom. The number of anilines is 2. The fourth-order valence-corrected chi connectivity index (χ4v) is 2.31. The monoisotopic (exact) mass is 268 g/mol. The molecule has 19 heavy (non-hydrogen) atoms. The zero-order chi connectivity index (χ0) is 14.4. The van der Waals surface area contributed by atoms with E-state index in [1.807, 2.05) is 11.7 Å². The SMILES string of the molecule is CCCc1nn(C)c(N(CCOC)CC(C)C)c1N. The molecule has 0 fully saturated rings. The molecule has 1 aromatic heterocycles. The fourth-order valence-electron chi connectivity index (χ4n) is 2.31. The van der Waals surface area contributed by atoms with Crippen LogP contribution in [0.4, 0.5) is 11.5 Å². The van der Waals surface area contributed by atoms with E-state index >= 15 is 0 Å². The summed E-state index contributed by atoms with van der Waals surface area (Å²) in [6.45, 7) is 9.05. The molecule has 0 spiro atoms. The molecule has 0 radical (unpaired) electrons. The number of methoxy groups -OCH3 is 1. The van der Waals surface area contributed by atoms with Gasteiger partial charge in [-0.25, -0.2) is 0 Å². The third-order valence-corrected chi connectivity index (χ3v) is 3.07. The van der Waals surface area contributed by atoms with Crippen molar-refractivity contribution in [1.82, 2.24) is 9.78 Å². The molecule has 5 heteroatoms. The molecular weight excluding hydrogens is 240 g/mol. The summed E-state index contributed by atoms with van der Waals surface area (Å²) in [5.41, 5.74) is 8.10. The molecule has 0 aliphatic carbocycles. The summed E-state index contributed by atoms with van der Waals surface area (Å²) in [7, 11) is 3.69. The first kappa shape index (κ1) is 15.8. The number of nitrogen functional groups attached to an aromatic ring is 1.